The summed E-state index contributed by atoms with van der Waals surface area (Å²) in [6.07, 6.45) is 2.14. The second-order valence-corrected chi connectivity index (χ2v) is 7.68. The fourth-order valence-corrected chi connectivity index (χ4v) is 3.02. The van der Waals surface area contributed by atoms with Gasteiger partial charge in [-0.05, 0) is 23.8 Å². The minimum Gasteiger partial charge on any atom is -0.504 e. The van der Waals surface area contributed by atoms with E-state index in [4.69, 9.17) is 5.26 Å². The summed E-state index contributed by atoms with van der Waals surface area (Å²) in [5.74, 6) is -1.55. The van der Waals surface area contributed by atoms with E-state index in [0.29, 0.717) is 16.9 Å². The van der Waals surface area contributed by atoms with Crippen molar-refractivity contribution < 1.29 is 23.4 Å². The van der Waals surface area contributed by atoms with E-state index in [-0.39, 0.29) is 20.8 Å². The summed E-state index contributed by atoms with van der Waals surface area (Å²) in [6.45, 7) is 0. The number of phenolic OH excluding ortho intramolecular Hbond substituents is 2. The van der Waals surface area contributed by atoms with E-state index >= 15 is 0 Å². The highest BCUT2D eigenvalue weighted by Gasteiger charge is 2.17. The number of hydrogen-bond donors (Lipinski definition) is 3. The van der Waals surface area contributed by atoms with Crippen molar-refractivity contribution >= 4 is 38.3 Å². The van der Waals surface area contributed by atoms with Crippen LogP contribution in [0.1, 0.15) is 5.56 Å². The van der Waals surface area contributed by atoms with Gasteiger partial charge >= 0.3 is 0 Å². The van der Waals surface area contributed by atoms with Gasteiger partial charge < -0.3 is 10.2 Å². The average Bonchev–Trinajstić information content (AvgIpc) is 2.97. The first-order valence-corrected chi connectivity index (χ1v) is 8.90. The second kappa shape index (κ2) is 6.65. The molecule has 0 radical (unpaired) electrons. The molecule has 1 heterocycles. The predicted molar refractivity (Wildman–Crippen MR) is 85.0 cm³/mol. The first-order valence-electron chi connectivity index (χ1n) is 6.19. The molecule has 0 aliphatic heterocycles. The van der Waals surface area contributed by atoms with Crippen LogP contribution in [0.5, 0.6) is 11.5 Å². The van der Waals surface area contributed by atoms with Gasteiger partial charge in [0.15, 0.2) is 11.5 Å². The Morgan fingerprint density at radius 2 is 2.04 bits per heavy atom. The number of carbonyl (C=O) groups is 1. The number of sulfone groups is 1. The van der Waals surface area contributed by atoms with Crippen molar-refractivity contribution in [3.8, 4) is 17.6 Å². The number of hydrogen-bond acceptors (Lipinski definition) is 9. The molecule has 1 aromatic carbocycles. The maximum atomic E-state index is 12.0. The Hall–Kier alpha value is -2.97. The summed E-state index contributed by atoms with van der Waals surface area (Å²) in [4.78, 5) is 12.0. The SMILES string of the molecule is CS(=O)(=O)c1nnc(NC(=O)/C(C#N)=C\c2ccc(O)c(O)c2)s1. The molecule has 2 aromatic rings. The number of rotatable bonds is 4. The molecule has 3 N–H and O–H groups in total. The monoisotopic (exact) mass is 366 g/mol. The smallest absolute Gasteiger partial charge is 0.268 e. The lowest BCUT2D eigenvalue weighted by molar-refractivity contribution is -0.112. The normalized spacial score (nSPS) is 11.8. The van der Waals surface area contributed by atoms with Crippen LogP contribution in [0.25, 0.3) is 6.08 Å². The molecule has 0 aliphatic carbocycles. The van der Waals surface area contributed by atoms with E-state index in [0.717, 1.165) is 6.26 Å². The molecule has 24 heavy (non-hydrogen) atoms. The van der Waals surface area contributed by atoms with E-state index in [2.05, 4.69) is 15.5 Å². The van der Waals surface area contributed by atoms with Crippen LogP contribution in [0.4, 0.5) is 5.13 Å². The number of aromatic hydroxyl groups is 2. The van der Waals surface area contributed by atoms with E-state index in [1.807, 2.05) is 0 Å². The Kier molecular flexibility index (Phi) is 4.82. The molecule has 1 aromatic heterocycles. The highest BCUT2D eigenvalue weighted by Crippen LogP contribution is 2.26. The number of nitriles is 1. The number of amides is 1. The Morgan fingerprint density at radius 1 is 1.33 bits per heavy atom. The van der Waals surface area contributed by atoms with Crippen LogP contribution < -0.4 is 5.32 Å². The zero-order valence-corrected chi connectivity index (χ0v) is 13.7. The van der Waals surface area contributed by atoms with Gasteiger partial charge in [0, 0.05) is 6.26 Å². The van der Waals surface area contributed by atoms with Crippen molar-refractivity contribution in [2.75, 3.05) is 11.6 Å². The molecule has 124 valence electrons. The van der Waals surface area contributed by atoms with Crippen LogP contribution in [0, 0.1) is 11.3 Å². The third kappa shape index (κ3) is 4.06. The van der Waals surface area contributed by atoms with Crippen LogP contribution in [-0.2, 0) is 14.6 Å². The minimum absolute atomic E-state index is 0.0740. The quantitative estimate of drug-likeness (QED) is 0.312. The van der Waals surface area contributed by atoms with Crippen LogP contribution in [0.3, 0.4) is 0 Å². The summed E-state index contributed by atoms with van der Waals surface area (Å²) in [7, 11) is -3.54. The number of nitrogens with one attached hydrogen (secondary N) is 1. The molecule has 11 heteroatoms. The van der Waals surface area contributed by atoms with Crippen LogP contribution in [0.15, 0.2) is 28.1 Å². The van der Waals surface area contributed by atoms with Gasteiger partial charge in [0.05, 0.1) is 0 Å². The van der Waals surface area contributed by atoms with Gasteiger partial charge in [0.2, 0.25) is 19.3 Å². The summed E-state index contributed by atoms with van der Waals surface area (Å²) in [6, 6.07) is 5.46. The van der Waals surface area contributed by atoms with E-state index in [1.54, 1.807) is 6.07 Å². The largest absolute Gasteiger partial charge is 0.504 e. The molecule has 0 saturated carbocycles. The van der Waals surface area contributed by atoms with E-state index < -0.39 is 21.5 Å². The molecule has 1 amide bonds. The zero-order valence-electron chi connectivity index (χ0n) is 12.1. The maximum absolute atomic E-state index is 12.0. The Bertz CT molecular complexity index is 972. The fraction of sp³-hybridized carbons (Fsp3) is 0.0769. The number of anilines is 1. The van der Waals surface area contributed by atoms with Gasteiger partial charge in [0.1, 0.15) is 11.6 Å². The lowest BCUT2D eigenvalue weighted by Gasteiger charge is -2.01. The van der Waals surface area contributed by atoms with Crippen LogP contribution >= 0.6 is 11.3 Å². The molecule has 0 bridgehead atoms. The van der Waals surface area contributed by atoms with Crippen molar-refractivity contribution in [2.45, 2.75) is 4.34 Å². The molecule has 2 rings (SSSR count). The lowest BCUT2D eigenvalue weighted by atomic mass is 10.1. The number of nitrogens with zero attached hydrogens (tertiary/aromatic N) is 3. The van der Waals surface area contributed by atoms with Crippen molar-refractivity contribution in [1.82, 2.24) is 10.2 Å². The van der Waals surface area contributed by atoms with Gasteiger partial charge in [0.25, 0.3) is 5.91 Å². The maximum Gasteiger partial charge on any atom is 0.268 e. The van der Waals surface area contributed by atoms with Crippen molar-refractivity contribution in [2.24, 2.45) is 0 Å². The van der Waals surface area contributed by atoms with E-state index in [1.165, 1.54) is 24.3 Å². The molecular weight excluding hydrogens is 356 g/mol. The summed E-state index contributed by atoms with van der Waals surface area (Å²) >= 11 is 0.655. The Morgan fingerprint density at radius 3 is 2.58 bits per heavy atom. The first kappa shape index (κ1) is 17.4. The summed E-state index contributed by atoms with van der Waals surface area (Å²) in [5.41, 5.74) is 0.00211. The minimum atomic E-state index is -3.54. The number of carbonyl (C=O) groups excluding carboxylic acids is 1. The molecule has 9 nitrogen and oxygen atoms in total. The molecule has 0 fully saturated rings. The third-order valence-electron chi connectivity index (χ3n) is 2.62. The molecule has 0 spiro atoms. The zero-order chi connectivity index (χ0) is 17.9. The number of aromatic nitrogens is 2. The molecule has 0 saturated heterocycles. The molecule has 0 atom stereocenters. The van der Waals surface area contributed by atoms with Crippen molar-refractivity contribution in [1.29, 1.82) is 5.26 Å². The topological polar surface area (TPSA) is 153 Å². The van der Waals surface area contributed by atoms with Gasteiger partial charge in [-0.25, -0.2) is 8.42 Å². The second-order valence-electron chi connectivity index (χ2n) is 4.52. The number of benzene rings is 1. The highest BCUT2D eigenvalue weighted by molar-refractivity contribution is 7.92. The molecule has 0 unspecified atom stereocenters. The van der Waals surface area contributed by atoms with Gasteiger partial charge in [-0.2, -0.15) is 5.26 Å². The summed E-state index contributed by atoms with van der Waals surface area (Å²) in [5, 5.41) is 36.9. The Balaban J connectivity index is 2.23. The highest BCUT2D eigenvalue weighted by atomic mass is 32.2. The fourth-order valence-electron chi connectivity index (χ4n) is 1.52. The van der Waals surface area contributed by atoms with Gasteiger partial charge in [-0.15, -0.1) is 10.2 Å². The van der Waals surface area contributed by atoms with Crippen molar-refractivity contribution in [3.63, 3.8) is 0 Å². The number of phenols is 2. The third-order valence-corrected chi connectivity index (χ3v) is 5.13. The van der Waals surface area contributed by atoms with Crippen LogP contribution in [-0.4, -0.2) is 41.0 Å². The predicted octanol–water partition coefficient (Wildman–Crippen LogP) is 0.898. The first-order chi connectivity index (χ1) is 11.2. The lowest BCUT2D eigenvalue weighted by Crippen LogP contribution is -2.13. The van der Waals surface area contributed by atoms with Gasteiger partial charge in [-0.1, -0.05) is 17.4 Å². The van der Waals surface area contributed by atoms with Gasteiger partial charge in [-0.3, -0.25) is 10.1 Å². The molecule has 0 aliphatic rings. The molecular formula is C13H10N4O5S2. The summed E-state index contributed by atoms with van der Waals surface area (Å²) < 4.78 is 22.4. The average molecular weight is 366 g/mol. The van der Waals surface area contributed by atoms with Crippen molar-refractivity contribution in [3.05, 3.63) is 29.3 Å². The Labute approximate surface area is 140 Å². The standard InChI is InChI=1S/C13H10N4O5S2/c1-24(21,22)13-17-16-12(23-13)15-11(20)8(6-14)4-7-2-3-9(18)10(19)5-7/h2-5,18-19H,1H3,(H,15,16,20)/b8-4-. The van der Waals surface area contributed by atoms with E-state index in [9.17, 15) is 23.4 Å². The van der Waals surface area contributed by atoms with Crippen LogP contribution in [0.2, 0.25) is 0 Å².